The maximum Gasteiger partial charge on any atom is 0.249 e. The Hall–Kier alpha value is -3.10. The summed E-state index contributed by atoms with van der Waals surface area (Å²) < 4.78 is 25.5. The van der Waals surface area contributed by atoms with Crippen LogP contribution in [-0.2, 0) is 0 Å². The van der Waals surface area contributed by atoms with Gasteiger partial charge in [-0.15, -0.1) is 0 Å². The average Bonchev–Trinajstić information content (AvgIpc) is 2.70. The summed E-state index contributed by atoms with van der Waals surface area (Å²) in [6, 6.07) is 11.8. The summed E-state index contributed by atoms with van der Waals surface area (Å²) in [7, 11) is 2.92. The van der Waals surface area contributed by atoms with E-state index in [4.69, 9.17) is 21.1 Å². The molecule has 0 aliphatic rings. The summed E-state index contributed by atoms with van der Waals surface area (Å²) in [5.41, 5.74) is 2.76. The molecule has 0 saturated heterocycles. The molecule has 3 N–H and O–H groups in total. The highest BCUT2D eigenvalue weighted by atomic mass is 35.5. The first-order chi connectivity index (χ1) is 13.1. The number of ether oxygens (including phenoxy) is 2. The number of halogens is 2. The molecule has 0 amide bonds. The molecule has 0 radical (unpaired) electrons. The molecule has 0 spiro atoms. The van der Waals surface area contributed by atoms with E-state index >= 15 is 4.39 Å². The van der Waals surface area contributed by atoms with Crippen molar-refractivity contribution in [2.75, 3.05) is 25.0 Å². The molecule has 3 rings (SSSR count). The summed E-state index contributed by atoms with van der Waals surface area (Å²) in [6.07, 6.45) is 0. The molecule has 9 heteroatoms. The second-order valence-corrected chi connectivity index (χ2v) is 5.76. The van der Waals surface area contributed by atoms with E-state index in [0.29, 0.717) is 27.8 Å². The summed E-state index contributed by atoms with van der Waals surface area (Å²) in [5, 5.41) is 12.4. The van der Waals surface area contributed by atoms with Crippen molar-refractivity contribution < 1.29 is 19.1 Å². The van der Waals surface area contributed by atoms with Crippen molar-refractivity contribution in [3.63, 3.8) is 0 Å². The van der Waals surface area contributed by atoms with Crippen molar-refractivity contribution >= 4 is 29.1 Å². The second-order valence-electron chi connectivity index (χ2n) is 5.35. The standard InChI is InChI=1S/C18H16ClFN4O3/c1-26-13-9-12(14(27-2)8-11(13)19)21-17-15(20)16(22-18(23-17)24-25)10-6-4-3-5-7-10/h3-9,25H,1-2H3,(H2,21,22,23,24). The molecule has 1 heterocycles. The van der Waals surface area contributed by atoms with E-state index in [1.54, 1.807) is 36.4 Å². The highest BCUT2D eigenvalue weighted by Gasteiger charge is 2.18. The Kier molecular flexibility index (Phi) is 5.58. The Bertz CT molecular complexity index is 957. The van der Waals surface area contributed by atoms with Crippen LogP contribution in [0.1, 0.15) is 0 Å². The largest absolute Gasteiger partial charge is 0.495 e. The van der Waals surface area contributed by atoms with Crippen LogP contribution in [0, 0.1) is 5.82 Å². The maximum absolute atomic E-state index is 15.1. The molecule has 3 aromatic rings. The highest BCUT2D eigenvalue weighted by molar-refractivity contribution is 6.32. The normalized spacial score (nSPS) is 10.4. The fourth-order valence-electron chi connectivity index (χ4n) is 2.45. The van der Waals surface area contributed by atoms with E-state index in [2.05, 4.69) is 15.3 Å². The molecule has 1 aromatic heterocycles. The maximum atomic E-state index is 15.1. The van der Waals surface area contributed by atoms with Crippen molar-refractivity contribution in [3.8, 4) is 22.8 Å². The minimum absolute atomic E-state index is 0.0181. The van der Waals surface area contributed by atoms with E-state index in [-0.39, 0.29) is 17.5 Å². The van der Waals surface area contributed by atoms with Gasteiger partial charge in [0.25, 0.3) is 0 Å². The van der Waals surface area contributed by atoms with E-state index in [1.165, 1.54) is 20.3 Å². The van der Waals surface area contributed by atoms with Crippen LogP contribution in [0.5, 0.6) is 11.5 Å². The molecule has 27 heavy (non-hydrogen) atoms. The lowest BCUT2D eigenvalue weighted by Crippen LogP contribution is -2.07. The van der Waals surface area contributed by atoms with Gasteiger partial charge in [0.1, 0.15) is 17.2 Å². The Balaban J connectivity index is 2.10. The van der Waals surface area contributed by atoms with Gasteiger partial charge in [-0.1, -0.05) is 41.9 Å². The molecule has 2 aromatic carbocycles. The minimum atomic E-state index is -0.698. The summed E-state index contributed by atoms with van der Waals surface area (Å²) in [4.78, 5) is 7.93. The van der Waals surface area contributed by atoms with Gasteiger partial charge in [0.15, 0.2) is 11.6 Å². The average molecular weight is 391 g/mol. The first kappa shape index (κ1) is 18.7. The predicted octanol–water partition coefficient (Wildman–Crippen LogP) is 4.50. The molecule has 7 nitrogen and oxygen atoms in total. The predicted molar refractivity (Wildman–Crippen MR) is 101 cm³/mol. The van der Waals surface area contributed by atoms with Gasteiger partial charge < -0.3 is 14.8 Å². The van der Waals surface area contributed by atoms with Crippen LogP contribution in [0.15, 0.2) is 42.5 Å². The lowest BCUT2D eigenvalue weighted by Gasteiger charge is -2.15. The van der Waals surface area contributed by atoms with Gasteiger partial charge in [0.2, 0.25) is 5.95 Å². The number of rotatable bonds is 6. The first-order valence-corrected chi connectivity index (χ1v) is 8.16. The van der Waals surface area contributed by atoms with Crippen LogP contribution in [0.25, 0.3) is 11.3 Å². The van der Waals surface area contributed by atoms with E-state index in [1.807, 2.05) is 5.48 Å². The van der Waals surface area contributed by atoms with Crippen molar-refractivity contribution in [1.82, 2.24) is 9.97 Å². The van der Waals surface area contributed by atoms with Crippen molar-refractivity contribution in [2.45, 2.75) is 0 Å². The number of nitrogens with one attached hydrogen (secondary N) is 2. The monoisotopic (exact) mass is 390 g/mol. The molecule has 0 aliphatic heterocycles. The molecule has 0 unspecified atom stereocenters. The molecular formula is C18H16ClFN4O3. The van der Waals surface area contributed by atoms with Gasteiger partial charge in [-0.3, -0.25) is 5.21 Å². The Morgan fingerprint density at radius 2 is 1.74 bits per heavy atom. The van der Waals surface area contributed by atoms with Crippen LogP contribution in [0.3, 0.4) is 0 Å². The number of hydrogen-bond acceptors (Lipinski definition) is 7. The lowest BCUT2D eigenvalue weighted by atomic mass is 10.1. The third kappa shape index (κ3) is 3.86. The summed E-state index contributed by atoms with van der Waals surface area (Å²) in [6.45, 7) is 0. The van der Waals surface area contributed by atoms with Gasteiger partial charge in [0, 0.05) is 17.7 Å². The molecular weight excluding hydrogens is 375 g/mol. The van der Waals surface area contributed by atoms with Gasteiger partial charge in [-0.05, 0) is 0 Å². The summed E-state index contributed by atoms with van der Waals surface area (Å²) in [5.74, 6) is -0.298. The van der Waals surface area contributed by atoms with E-state index < -0.39 is 5.82 Å². The number of methoxy groups -OCH3 is 2. The van der Waals surface area contributed by atoms with Crippen LogP contribution >= 0.6 is 11.6 Å². The van der Waals surface area contributed by atoms with E-state index in [9.17, 15) is 5.21 Å². The van der Waals surface area contributed by atoms with Crippen LogP contribution in [0.2, 0.25) is 5.02 Å². The van der Waals surface area contributed by atoms with Crippen molar-refractivity contribution in [3.05, 3.63) is 53.3 Å². The molecule has 0 fully saturated rings. The number of anilines is 3. The minimum Gasteiger partial charge on any atom is -0.495 e. The summed E-state index contributed by atoms with van der Waals surface area (Å²) >= 11 is 6.09. The van der Waals surface area contributed by atoms with Gasteiger partial charge in [-0.2, -0.15) is 4.98 Å². The number of nitrogens with zero attached hydrogens (tertiary/aromatic N) is 2. The fourth-order valence-corrected chi connectivity index (χ4v) is 2.68. The molecule has 0 bridgehead atoms. The Labute approximate surface area is 159 Å². The lowest BCUT2D eigenvalue weighted by molar-refractivity contribution is 0.382. The third-order valence-corrected chi connectivity index (χ3v) is 4.02. The van der Waals surface area contributed by atoms with E-state index in [0.717, 1.165) is 0 Å². The highest BCUT2D eigenvalue weighted by Crippen LogP contribution is 2.38. The fraction of sp³-hybridized carbons (Fsp3) is 0.111. The zero-order valence-corrected chi connectivity index (χ0v) is 15.2. The smallest absolute Gasteiger partial charge is 0.249 e. The quantitative estimate of drug-likeness (QED) is 0.534. The first-order valence-electron chi connectivity index (χ1n) is 7.79. The van der Waals surface area contributed by atoms with Gasteiger partial charge in [0.05, 0.1) is 24.9 Å². The zero-order valence-electron chi connectivity index (χ0n) is 14.5. The molecule has 0 atom stereocenters. The second kappa shape index (κ2) is 8.07. The van der Waals surface area contributed by atoms with Gasteiger partial charge >= 0.3 is 0 Å². The van der Waals surface area contributed by atoms with Crippen LogP contribution in [-0.4, -0.2) is 29.4 Å². The Morgan fingerprint density at radius 1 is 1.04 bits per heavy atom. The molecule has 140 valence electrons. The SMILES string of the molecule is COc1cc(Nc2nc(NO)nc(-c3ccccc3)c2F)c(OC)cc1Cl. The third-order valence-electron chi connectivity index (χ3n) is 3.73. The van der Waals surface area contributed by atoms with Crippen LogP contribution in [0.4, 0.5) is 21.8 Å². The topological polar surface area (TPSA) is 88.5 Å². The Morgan fingerprint density at radius 3 is 2.37 bits per heavy atom. The number of benzene rings is 2. The van der Waals surface area contributed by atoms with Crippen molar-refractivity contribution in [1.29, 1.82) is 0 Å². The zero-order chi connectivity index (χ0) is 19.4. The molecule has 0 aliphatic carbocycles. The van der Waals surface area contributed by atoms with Gasteiger partial charge in [-0.25, -0.2) is 14.9 Å². The number of aromatic nitrogens is 2. The van der Waals surface area contributed by atoms with Crippen molar-refractivity contribution in [2.24, 2.45) is 0 Å². The van der Waals surface area contributed by atoms with Crippen LogP contribution < -0.4 is 20.3 Å². The number of hydrogen-bond donors (Lipinski definition) is 3. The molecule has 0 saturated carbocycles.